The number of aromatic nitrogens is 2. The van der Waals surface area contributed by atoms with Crippen LogP contribution in [-0.2, 0) is 4.79 Å². The van der Waals surface area contributed by atoms with Crippen LogP contribution in [0.3, 0.4) is 0 Å². The Morgan fingerprint density at radius 1 is 1.25 bits per heavy atom. The maximum atomic E-state index is 13.2. The number of hydrogen-bond donors (Lipinski definition) is 2. The number of amides is 2. The normalized spacial score (nSPS) is 20.4. The summed E-state index contributed by atoms with van der Waals surface area (Å²) in [7, 11) is 0. The van der Waals surface area contributed by atoms with Crippen molar-refractivity contribution in [2.24, 2.45) is 11.3 Å². The van der Waals surface area contributed by atoms with Crippen molar-refractivity contribution in [2.45, 2.75) is 39.2 Å². The number of benzene rings is 1. The Morgan fingerprint density at radius 2 is 1.93 bits per heavy atom. The van der Waals surface area contributed by atoms with E-state index in [0.717, 1.165) is 24.8 Å². The first-order valence-electron chi connectivity index (χ1n) is 9.78. The molecule has 0 radical (unpaired) electrons. The number of hydrogen-bond acceptors (Lipinski definition) is 3. The van der Waals surface area contributed by atoms with Crippen molar-refractivity contribution in [3.05, 3.63) is 41.8 Å². The third-order valence-electron chi connectivity index (χ3n) is 6.08. The second kappa shape index (κ2) is 7.04. The Labute approximate surface area is 163 Å². The van der Waals surface area contributed by atoms with Gasteiger partial charge in [-0.3, -0.25) is 14.7 Å². The summed E-state index contributed by atoms with van der Waals surface area (Å²) in [6.45, 7) is 5.13. The lowest BCUT2D eigenvalue weighted by Crippen LogP contribution is -2.42. The van der Waals surface area contributed by atoms with Gasteiger partial charge < -0.3 is 10.2 Å². The van der Waals surface area contributed by atoms with Gasteiger partial charge in [-0.05, 0) is 48.9 Å². The highest BCUT2D eigenvalue weighted by Gasteiger charge is 2.56. The summed E-state index contributed by atoms with van der Waals surface area (Å²) in [5.74, 6) is -0.291. The number of carbonyl (C=O) groups is 2. The molecule has 2 heterocycles. The zero-order valence-electron chi connectivity index (χ0n) is 16.2. The largest absolute Gasteiger partial charge is 0.353 e. The lowest BCUT2D eigenvalue weighted by atomic mass is 9.92. The van der Waals surface area contributed by atoms with Gasteiger partial charge in [-0.25, -0.2) is 4.39 Å². The number of nitrogens with one attached hydrogen (secondary N) is 2. The van der Waals surface area contributed by atoms with Crippen molar-refractivity contribution in [1.29, 1.82) is 0 Å². The van der Waals surface area contributed by atoms with Gasteiger partial charge >= 0.3 is 0 Å². The van der Waals surface area contributed by atoms with Crippen LogP contribution in [0.2, 0.25) is 0 Å². The minimum absolute atomic E-state index is 0.00899. The van der Waals surface area contributed by atoms with Crippen molar-refractivity contribution in [3.63, 3.8) is 0 Å². The second-order valence-corrected chi connectivity index (χ2v) is 8.24. The van der Waals surface area contributed by atoms with Crippen LogP contribution in [0.1, 0.15) is 43.5 Å². The monoisotopic (exact) mass is 384 g/mol. The molecule has 2 aromatic rings. The topological polar surface area (TPSA) is 78.1 Å². The lowest BCUT2D eigenvalue weighted by Gasteiger charge is -2.33. The number of halogens is 1. The lowest BCUT2D eigenvalue weighted by molar-refractivity contribution is -0.124. The van der Waals surface area contributed by atoms with E-state index in [1.54, 1.807) is 12.1 Å². The van der Waals surface area contributed by atoms with E-state index in [-0.39, 0.29) is 35.0 Å². The molecule has 148 valence electrons. The van der Waals surface area contributed by atoms with Crippen molar-refractivity contribution in [2.75, 3.05) is 13.1 Å². The summed E-state index contributed by atoms with van der Waals surface area (Å²) in [5.41, 5.74) is 1.99. The predicted molar refractivity (Wildman–Crippen MR) is 103 cm³/mol. The van der Waals surface area contributed by atoms with Crippen LogP contribution in [0.25, 0.3) is 11.3 Å². The fourth-order valence-electron chi connectivity index (χ4n) is 4.05. The third-order valence-corrected chi connectivity index (χ3v) is 6.08. The molecule has 1 atom stereocenters. The minimum atomic E-state index is -0.319. The van der Waals surface area contributed by atoms with Crippen molar-refractivity contribution in [3.8, 4) is 11.3 Å². The summed E-state index contributed by atoms with van der Waals surface area (Å²) in [5, 5.41) is 10.0. The van der Waals surface area contributed by atoms with E-state index in [9.17, 15) is 14.0 Å². The van der Waals surface area contributed by atoms with Gasteiger partial charge in [0.2, 0.25) is 5.91 Å². The number of nitrogens with zero attached hydrogens (tertiary/aromatic N) is 2. The fraction of sp³-hybridized carbons (Fsp3) is 0.476. The van der Waals surface area contributed by atoms with E-state index in [1.807, 2.05) is 18.7 Å². The van der Waals surface area contributed by atoms with E-state index in [4.69, 9.17) is 0 Å². The third kappa shape index (κ3) is 3.41. The average Bonchev–Trinajstić information content (AvgIpc) is 3.12. The van der Waals surface area contributed by atoms with E-state index in [2.05, 4.69) is 15.5 Å². The molecule has 1 aliphatic heterocycles. The van der Waals surface area contributed by atoms with Crippen molar-refractivity contribution in [1.82, 2.24) is 20.4 Å². The van der Waals surface area contributed by atoms with Crippen LogP contribution in [0, 0.1) is 17.2 Å². The van der Waals surface area contributed by atoms with Crippen molar-refractivity contribution < 1.29 is 14.0 Å². The quantitative estimate of drug-likeness (QED) is 0.851. The number of aromatic amines is 1. The molecule has 1 unspecified atom stereocenters. The number of H-pyrrole nitrogens is 1. The highest BCUT2D eigenvalue weighted by Crippen LogP contribution is 2.54. The molecule has 6 nitrogen and oxygen atoms in total. The highest BCUT2D eigenvalue weighted by molar-refractivity contribution is 5.99. The summed E-state index contributed by atoms with van der Waals surface area (Å²) < 4.78 is 13.2. The molecule has 1 aliphatic carbocycles. The molecule has 2 aliphatic rings. The molecule has 7 heteroatoms. The number of carbonyl (C=O) groups excluding carboxylic acids is 2. The van der Waals surface area contributed by atoms with E-state index < -0.39 is 0 Å². The summed E-state index contributed by atoms with van der Waals surface area (Å²) in [4.78, 5) is 26.8. The first kappa shape index (κ1) is 18.7. The standard InChI is InChI=1S/C21H25FN4O2/c1-13(2)19(27)24-17-11-21(17)7-9-26(10-8-21)20(28)16-12-23-25-18(16)14-3-5-15(22)6-4-14/h3-6,12-13,17H,7-11H2,1-2H3,(H,23,25)(H,24,27). The molecule has 2 amide bonds. The zero-order valence-corrected chi connectivity index (χ0v) is 16.2. The summed E-state index contributed by atoms with van der Waals surface area (Å²) >= 11 is 0. The number of rotatable bonds is 4. The Balaban J connectivity index is 1.40. The Hall–Kier alpha value is -2.70. The zero-order chi connectivity index (χ0) is 19.9. The molecule has 0 bridgehead atoms. The molecule has 28 heavy (non-hydrogen) atoms. The summed E-state index contributed by atoms with van der Waals surface area (Å²) in [6, 6.07) is 6.25. The molecule has 2 N–H and O–H groups in total. The second-order valence-electron chi connectivity index (χ2n) is 8.24. The van der Waals surface area contributed by atoms with Crippen LogP contribution >= 0.6 is 0 Å². The number of likely N-dealkylation sites (tertiary alicyclic amines) is 1. The van der Waals surface area contributed by atoms with Crippen molar-refractivity contribution >= 4 is 11.8 Å². The molecule has 1 spiro atoms. The van der Waals surface area contributed by atoms with Gasteiger partial charge in [-0.1, -0.05) is 13.8 Å². The summed E-state index contributed by atoms with van der Waals surface area (Å²) in [6.07, 6.45) is 4.32. The Kier molecular flexibility index (Phi) is 4.69. The molecule has 1 saturated carbocycles. The highest BCUT2D eigenvalue weighted by atomic mass is 19.1. The van der Waals surface area contributed by atoms with Gasteiger partial charge in [0.1, 0.15) is 5.82 Å². The molecular formula is C21H25FN4O2. The Morgan fingerprint density at radius 3 is 2.57 bits per heavy atom. The molecule has 2 fully saturated rings. The fourth-order valence-corrected chi connectivity index (χ4v) is 4.05. The van der Waals surface area contributed by atoms with Crippen LogP contribution < -0.4 is 5.32 Å². The first-order chi connectivity index (χ1) is 13.4. The first-order valence-corrected chi connectivity index (χ1v) is 9.78. The number of piperidine rings is 1. The van der Waals surface area contributed by atoms with E-state index in [0.29, 0.717) is 24.3 Å². The van der Waals surface area contributed by atoms with Gasteiger partial charge in [-0.2, -0.15) is 5.10 Å². The van der Waals surface area contributed by atoms with E-state index in [1.165, 1.54) is 18.3 Å². The van der Waals surface area contributed by atoms with Gasteiger partial charge in [-0.15, -0.1) is 0 Å². The van der Waals surface area contributed by atoms with Crippen LogP contribution in [0.5, 0.6) is 0 Å². The average molecular weight is 384 g/mol. The minimum Gasteiger partial charge on any atom is -0.353 e. The SMILES string of the molecule is CC(C)C(=O)NC1CC12CCN(C(=O)c1cn[nH]c1-c1ccc(F)cc1)CC2. The molecule has 1 saturated heterocycles. The predicted octanol–water partition coefficient (Wildman–Crippen LogP) is 2.98. The van der Waals surface area contributed by atoms with Gasteiger partial charge in [0.25, 0.3) is 5.91 Å². The molecule has 1 aromatic carbocycles. The van der Waals surface area contributed by atoms with Gasteiger partial charge in [0.15, 0.2) is 0 Å². The Bertz CT molecular complexity index is 882. The van der Waals surface area contributed by atoms with Gasteiger partial charge in [0.05, 0.1) is 17.5 Å². The van der Waals surface area contributed by atoms with Crippen LogP contribution in [-0.4, -0.2) is 46.0 Å². The van der Waals surface area contributed by atoms with Crippen LogP contribution in [0.4, 0.5) is 4.39 Å². The molecule has 1 aromatic heterocycles. The maximum absolute atomic E-state index is 13.2. The molecule has 4 rings (SSSR count). The van der Waals surface area contributed by atoms with E-state index >= 15 is 0 Å². The van der Waals surface area contributed by atoms with Gasteiger partial charge in [0, 0.05) is 30.6 Å². The molecular weight excluding hydrogens is 359 g/mol. The smallest absolute Gasteiger partial charge is 0.257 e. The maximum Gasteiger partial charge on any atom is 0.257 e. The van der Waals surface area contributed by atoms with Crippen LogP contribution in [0.15, 0.2) is 30.5 Å².